The molecule has 0 aliphatic carbocycles. The monoisotopic (exact) mass is 200 g/mol. The SMILES string of the molecule is C(CC1CSC1)CN1CCNCC1. The van der Waals surface area contributed by atoms with Gasteiger partial charge < -0.3 is 10.2 Å². The zero-order chi connectivity index (χ0) is 8.93. The molecule has 2 saturated heterocycles. The average Bonchev–Trinajstić information content (AvgIpc) is 2.11. The summed E-state index contributed by atoms with van der Waals surface area (Å²) in [5.41, 5.74) is 0. The van der Waals surface area contributed by atoms with E-state index < -0.39 is 0 Å². The third-order valence-corrected chi connectivity index (χ3v) is 4.42. The molecule has 0 spiro atoms. The van der Waals surface area contributed by atoms with E-state index in [1.807, 2.05) is 0 Å². The Labute approximate surface area is 85.4 Å². The van der Waals surface area contributed by atoms with Crippen molar-refractivity contribution in [1.82, 2.24) is 10.2 Å². The molecular weight excluding hydrogens is 180 g/mol. The number of piperazine rings is 1. The number of nitrogens with zero attached hydrogens (tertiary/aromatic N) is 1. The Morgan fingerprint density at radius 2 is 2.00 bits per heavy atom. The topological polar surface area (TPSA) is 15.3 Å². The summed E-state index contributed by atoms with van der Waals surface area (Å²) in [6.45, 7) is 6.25. The van der Waals surface area contributed by atoms with Crippen molar-refractivity contribution in [3.63, 3.8) is 0 Å². The van der Waals surface area contributed by atoms with Crippen molar-refractivity contribution in [2.75, 3.05) is 44.2 Å². The Morgan fingerprint density at radius 3 is 2.62 bits per heavy atom. The molecule has 3 heteroatoms. The summed E-state index contributed by atoms with van der Waals surface area (Å²) in [6.07, 6.45) is 2.89. The summed E-state index contributed by atoms with van der Waals surface area (Å²) in [5, 5.41) is 3.39. The minimum Gasteiger partial charge on any atom is -0.314 e. The first kappa shape index (κ1) is 9.81. The van der Waals surface area contributed by atoms with E-state index in [1.54, 1.807) is 0 Å². The number of hydrogen-bond donors (Lipinski definition) is 1. The van der Waals surface area contributed by atoms with Gasteiger partial charge >= 0.3 is 0 Å². The Hall–Kier alpha value is 0.270. The van der Waals surface area contributed by atoms with Gasteiger partial charge in [-0.15, -0.1) is 0 Å². The molecule has 76 valence electrons. The van der Waals surface area contributed by atoms with Crippen LogP contribution < -0.4 is 5.32 Å². The molecular formula is C10H20N2S. The maximum Gasteiger partial charge on any atom is 0.0107 e. The minimum absolute atomic E-state index is 1.06. The molecule has 2 nitrogen and oxygen atoms in total. The van der Waals surface area contributed by atoms with Crippen LogP contribution in [-0.4, -0.2) is 49.1 Å². The normalized spacial score (nSPS) is 25.8. The highest BCUT2D eigenvalue weighted by Crippen LogP contribution is 2.28. The Bertz CT molecular complexity index is 142. The van der Waals surface area contributed by atoms with E-state index in [9.17, 15) is 0 Å². The second-order valence-electron chi connectivity index (χ2n) is 4.14. The molecule has 1 N–H and O–H groups in total. The number of nitrogens with one attached hydrogen (secondary N) is 1. The molecule has 0 unspecified atom stereocenters. The first-order chi connectivity index (χ1) is 6.45. The van der Waals surface area contributed by atoms with Crippen LogP contribution in [0.15, 0.2) is 0 Å². The predicted octanol–water partition coefficient (Wildman–Crippen LogP) is 1.03. The third-order valence-electron chi connectivity index (χ3n) is 3.00. The summed E-state index contributed by atoms with van der Waals surface area (Å²) in [7, 11) is 0. The van der Waals surface area contributed by atoms with Crippen molar-refractivity contribution >= 4 is 11.8 Å². The predicted molar refractivity (Wildman–Crippen MR) is 59.4 cm³/mol. The van der Waals surface area contributed by atoms with E-state index in [4.69, 9.17) is 0 Å². The molecule has 13 heavy (non-hydrogen) atoms. The van der Waals surface area contributed by atoms with Crippen molar-refractivity contribution in [3.05, 3.63) is 0 Å². The molecule has 2 heterocycles. The fourth-order valence-electron chi connectivity index (χ4n) is 1.99. The Kier molecular flexibility index (Phi) is 3.94. The Balaban J connectivity index is 1.50. The molecule has 2 aliphatic heterocycles. The van der Waals surface area contributed by atoms with Gasteiger partial charge in [0.1, 0.15) is 0 Å². The number of rotatable bonds is 4. The van der Waals surface area contributed by atoms with E-state index in [0.29, 0.717) is 0 Å². The van der Waals surface area contributed by atoms with Crippen molar-refractivity contribution < 1.29 is 0 Å². The van der Waals surface area contributed by atoms with Gasteiger partial charge in [0.15, 0.2) is 0 Å². The lowest BCUT2D eigenvalue weighted by Gasteiger charge is -2.29. The van der Waals surface area contributed by atoms with Gasteiger partial charge in [0.2, 0.25) is 0 Å². The lowest BCUT2D eigenvalue weighted by atomic mass is 10.1. The molecule has 0 amide bonds. The summed E-state index contributed by atoms with van der Waals surface area (Å²) in [4.78, 5) is 2.60. The van der Waals surface area contributed by atoms with E-state index in [0.717, 1.165) is 5.92 Å². The fourth-order valence-corrected chi connectivity index (χ4v) is 2.89. The maximum atomic E-state index is 3.39. The first-order valence-electron chi connectivity index (χ1n) is 5.46. The van der Waals surface area contributed by atoms with Gasteiger partial charge in [-0.1, -0.05) is 0 Å². The molecule has 0 saturated carbocycles. The number of thioether (sulfide) groups is 1. The van der Waals surface area contributed by atoms with Gasteiger partial charge in [-0.25, -0.2) is 0 Å². The third kappa shape index (κ3) is 3.15. The summed E-state index contributed by atoms with van der Waals surface area (Å²) >= 11 is 2.11. The van der Waals surface area contributed by atoms with Crippen LogP contribution in [0.4, 0.5) is 0 Å². The zero-order valence-electron chi connectivity index (χ0n) is 8.30. The average molecular weight is 200 g/mol. The first-order valence-corrected chi connectivity index (χ1v) is 6.61. The van der Waals surface area contributed by atoms with Crippen LogP contribution in [0, 0.1) is 5.92 Å². The highest BCUT2D eigenvalue weighted by Gasteiger charge is 2.18. The molecule has 0 bridgehead atoms. The molecule has 2 aliphatic rings. The second-order valence-corrected chi connectivity index (χ2v) is 5.21. The van der Waals surface area contributed by atoms with Gasteiger partial charge in [-0.3, -0.25) is 0 Å². The molecule has 2 fully saturated rings. The van der Waals surface area contributed by atoms with Crippen molar-refractivity contribution in [1.29, 1.82) is 0 Å². The van der Waals surface area contributed by atoms with Crippen molar-refractivity contribution in [2.45, 2.75) is 12.8 Å². The molecule has 0 aromatic heterocycles. The Morgan fingerprint density at radius 1 is 1.23 bits per heavy atom. The summed E-state index contributed by atoms with van der Waals surface area (Å²) < 4.78 is 0. The molecule has 0 aromatic rings. The lowest BCUT2D eigenvalue weighted by Crippen LogP contribution is -2.43. The lowest BCUT2D eigenvalue weighted by molar-refractivity contribution is 0.233. The van der Waals surface area contributed by atoms with Crippen LogP contribution in [0.1, 0.15) is 12.8 Å². The van der Waals surface area contributed by atoms with Crippen LogP contribution in [0.3, 0.4) is 0 Å². The quantitative estimate of drug-likeness (QED) is 0.730. The van der Waals surface area contributed by atoms with Crippen LogP contribution in [0.2, 0.25) is 0 Å². The molecule has 0 aromatic carbocycles. The van der Waals surface area contributed by atoms with Gasteiger partial charge in [-0.2, -0.15) is 11.8 Å². The zero-order valence-corrected chi connectivity index (χ0v) is 9.11. The van der Waals surface area contributed by atoms with Gasteiger partial charge in [0.25, 0.3) is 0 Å². The largest absolute Gasteiger partial charge is 0.314 e. The van der Waals surface area contributed by atoms with E-state index in [-0.39, 0.29) is 0 Å². The van der Waals surface area contributed by atoms with Gasteiger partial charge in [0.05, 0.1) is 0 Å². The number of hydrogen-bond acceptors (Lipinski definition) is 3. The van der Waals surface area contributed by atoms with Gasteiger partial charge in [-0.05, 0) is 36.8 Å². The van der Waals surface area contributed by atoms with Crippen LogP contribution in [0.25, 0.3) is 0 Å². The van der Waals surface area contributed by atoms with E-state index >= 15 is 0 Å². The van der Waals surface area contributed by atoms with Crippen LogP contribution in [-0.2, 0) is 0 Å². The van der Waals surface area contributed by atoms with Crippen LogP contribution in [0.5, 0.6) is 0 Å². The highest BCUT2D eigenvalue weighted by molar-refractivity contribution is 8.00. The van der Waals surface area contributed by atoms with Crippen LogP contribution >= 0.6 is 11.8 Å². The van der Waals surface area contributed by atoms with Crippen molar-refractivity contribution in [3.8, 4) is 0 Å². The fraction of sp³-hybridized carbons (Fsp3) is 1.00. The second kappa shape index (κ2) is 5.23. The van der Waals surface area contributed by atoms with E-state index in [2.05, 4.69) is 22.0 Å². The molecule has 0 radical (unpaired) electrons. The van der Waals surface area contributed by atoms with E-state index in [1.165, 1.54) is 57.1 Å². The van der Waals surface area contributed by atoms with Gasteiger partial charge in [0, 0.05) is 26.2 Å². The summed E-state index contributed by atoms with van der Waals surface area (Å²) in [6, 6.07) is 0. The maximum absolute atomic E-state index is 3.39. The smallest absolute Gasteiger partial charge is 0.0107 e. The van der Waals surface area contributed by atoms with Crippen molar-refractivity contribution in [2.24, 2.45) is 5.92 Å². The molecule has 0 atom stereocenters. The minimum atomic E-state index is 1.06. The summed E-state index contributed by atoms with van der Waals surface area (Å²) in [5.74, 6) is 3.93. The standard InChI is InChI=1S/C10H20N2S/c1(2-10-8-13-9-10)5-12-6-3-11-4-7-12/h10-11H,1-9H2. The molecule has 2 rings (SSSR count). The highest BCUT2D eigenvalue weighted by atomic mass is 32.2.